The number of carbonyl (C=O) groups excluding carboxylic acids is 2. The molecule has 0 saturated carbocycles. The number of benzene rings is 2. The predicted octanol–water partition coefficient (Wildman–Crippen LogP) is 3.45. The lowest BCUT2D eigenvalue weighted by atomic mass is 10.2. The van der Waals surface area contributed by atoms with E-state index in [1.807, 2.05) is 12.1 Å². The Kier molecular flexibility index (Phi) is 5.11. The van der Waals surface area contributed by atoms with Gasteiger partial charge in [0.1, 0.15) is 12.3 Å². The van der Waals surface area contributed by atoms with Crippen LogP contribution in [-0.2, 0) is 16.1 Å². The van der Waals surface area contributed by atoms with Gasteiger partial charge in [-0.2, -0.15) is 5.10 Å². The zero-order valence-electron chi connectivity index (χ0n) is 13.1. The number of halogens is 1. The van der Waals surface area contributed by atoms with Crippen molar-refractivity contribution >= 4 is 29.7 Å². The summed E-state index contributed by atoms with van der Waals surface area (Å²) in [5.74, 6) is -0.460. The normalized spacial score (nSPS) is 10.3. The van der Waals surface area contributed by atoms with Crippen molar-refractivity contribution in [1.82, 2.24) is 9.78 Å². The van der Waals surface area contributed by atoms with E-state index in [4.69, 9.17) is 16.3 Å². The van der Waals surface area contributed by atoms with Crippen molar-refractivity contribution in [2.75, 3.05) is 5.32 Å². The Morgan fingerprint density at radius 2 is 1.84 bits per heavy atom. The van der Waals surface area contributed by atoms with Crippen LogP contribution in [0.15, 0.2) is 60.8 Å². The molecule has 3 rings (SSSR count). The molecule has 0 atom stereocenters. The van der Waals surface area contributed by atoms with Crippen LogP contribution in [0.5, 0.6) is 0 Å². The minimum Gasteiger partial charge on any atom is -0.456 e. The second kappa shape index (κ2) is 7.63. The number of nitrogens with one attached hydrogen (secondary N) is 1. The number of hydrogen-bond acceptors (Lipinski definition) is 4. The Balaban J connectivity index is 1.60. The van der Waals surface area contributed by atoms with Crippen molar-refractivity contribution in [3.63, 3.8) is 0 Å². The molecule has 7 heteroatoms. The maximum absolute atomic E-state index is 12.0. The van der Waals surface area contributed by atoms with E-state index in [2.05, 4.69) is 10.4 Å². The highest BCUT2D eigenvalue weighted by molar-refractivity contribution is 6.30. The largest absolute Gasteiger partial charge is 0.456 e. The van der Waals surface area contributed by atoms with Crippen molar-refractivity contribution < 1.29 is 14.3 Å². The molecule has 1 N–H and O–H groups in total. The van der Waals surface area contributed by atoms with E-state index in [9.17, 15) is 9.59 Å². The van der Waals surface area contributed by atoms with Crippen molar-refractivity contribution in [2.45, 2.75) is 6.61 Å². The second-order valence-corrected chi connectivity index (χ2v) is 5.58. The monoisotopic (exact) mass is 355 g/mol. The van der Waals surface area contributed by atoms with Gasteiger partial charge < -0.3 is 10.1 Å². The molecular formula is C18H14ClN3O3. The highest BCUT2D eigenvalue weighted by atomic mass is 35.5. The van der Waals surface area contributed by atoms with Gasteiger partial charge in [-0.1, -0.05) is 11.6 Å². The predicted molar refractivity (Wildman–Crippen MR) is 93.8 cm³/mol. The lowest BCUT2D eigenvalue weighted by molar-refractivity contribution is -0.105. The highest BCUT2D eigenvalue weighted by Gasteiger charge is 2.09. The van der Waals surface area contributed by atoms with E-state index in [0.717, 1.165) is 5.69 Å². The van der Waals surface area contributed by atoms with Gasteiger partial charge in [0.15, 0.2) is 0 Å². The van der Waals surface area contributed by atoms with Crippen LogP contribution in [0.25, 0.3) is 5.69 Å². The van der Waals surface area contributed by atoms with Gasteiger partial charge in [-0.15, -0.1) is 0 Å². The van der Waals surface area contributed by atoms with Gasteiger partial charge in [-0.05, 0) is 54.6 Å². The molecule has 0 spiro atoms. The molecule has 25 heavy (non-hydrogen) atoms. The minimum absolute atomic E-state index is 0.0633. The molecule has 0 aliphatic carbocycles. The number of carbonyl (C=O) groups is 2. The van der Waals surface area contributed by atoms with Crippen LogP contribution < -0.4 is 5.32 Å². The lowest BCUT2D eigenvalue weighted by Crippen LogP contribution is -2.06. The number of amides is 1. The van der Waals surface area contributed by atoms with Gasteiger partial charge in [0.25, 0.3) is 0 Å². The molecule has 0 bridgehead atoms. The van der Waals surface area contributed by atoms with E-state index in [-0.39, 0.29) is 6.61 Å². The first-order valence-electron chi connectivity index (χ1n) is 7.43. The number of aromatic nitrogens is 2. The molecule has 2 aromatic carbocycles. The Morgan fingerprint density at radius 1 is 1.12 bits per heavy atom. The molecule has 0 aliphatic heterocycles. The van der Waals surface area contributed by atoms with Gasteiger partial charge in [-0.3, -0.25) is 4.79 Å². The first-order valence-corrected chi connectivity index (χ1v) is 7.81. The maximum atomic E-state index is 12.0. The summed E-state index contributed by atoms with van der Waals surface area (Å²) in [6.07, 6.45) is 2.36. The smallest absolute Gasteiger partial charge is 0.338 e. The van der Waals surface area contributed by atoms with E-state index in [0.29, 0.717) is 28.4 Å². The SMILES string of the molecule is O=CNc1ccc(C(=O)OCc2ccn(-c3ccc(Cl)cc3)n2)cc1. The Morgan fingerprint density at radius 3 is 2.52 bits per heavy atom. The molecule has 1 heterocycles. The van der Waals surface area contributed by atoms with Crippen LogP contribution in [0.4, 0.5) is 5.69 Å². The average Bonchev–Trinajstić information content (AvgIpc) is 3.10. The fraction of sp³-hybridized carbons (Fsp3) is 0.0556. The molecule has 6 nitrogen and oxygen atoms in total. The molecule has 0 saturated heterocycles. The molecule has 3 aromatic rings. The molecule has 0 radical (unpaired) electrons. The van der Waals surface area contributed by atoms with E-state index in [1.165, 1.54) is 0 Å². The van der Waals surface area contributed by atoms with Gasteiger partial charge >= 0.3 is 5.97 Å². The van der Waals surface area contributed by atoms with Crippen LogP contribution in [0.2, 0.25) is 5.02 Å². The summed E-state index contributed by atoms with van der Waals surface area (Å²) in [5, 5.41) is 7.51. The van der Waals surface area contributed by atoms with Crippen LogP contribution in [0.3, 0.4) is 0 Å². The quantitative estimate of drug-likeness (QED) is 0.543. The van der Waals surface area contributed by atoms with Crippen LogP contribution in [0.1, 0.15) is 16.1 Å². The van der Waals surface area contributed by atoms with E-state index in [1.54, 1.807) is 53.3 Å². The van der Waals surface area contributed by atoms with E-state index >= 15 is 0 Å². The first kappa shape index (κ1) is 16.7. The topological polar surface area (TPSA) is 73.2 Å². The Hall–Kier alpha value is -3.12. The highest BCUT2D eigenvalue weighted by Crippen LogP contribution is 2.14. The first-order chi connectivity index (χ1) is 12.2. The summed E-state index contributed by atoms with van der Waals surface area (Å²) in [5.41, 5.74) is 2.49. The van der Waals surface area contributed by atoms with Crippen molar-refractivity contribution in [3.8, 4) is 5.69 Å². The molecular weight excluding hydrogens is 342 g/mol. The molecule has 0 unspecified atom stereocenters. The second-order valence-electron chi connectivity index (χ2n) is 5.14. The number of anilines is 1. The zero-order chi connectivity index (χ0) is 17.6. The van der Waals surface area contributed by atoms with Gasteiger partial charge in [0.05, 0.1) is 11.3 Å². The Bertz CT molecular complexity index is 873. The Labute approximate surface area is 149 Å². The number of ether oxygens (including phenoxy) is 1. The maximum Gasteiger partial charge on any atom is 0.338 e. The lowest BCUT2D eigenvalue weighted by Gasteiger charge is -2.04. The third-order valence-electron chi connectivity index (χ3n) is 3.43. The summed E-state index contributed by atoms with van der Waals surface area (Å²) < 4.78 is 6.94. The number of nitrogens with zero attached hydrogens (tertiary/aromatic N) is 2. The fourth-order valence-corrected chi connectivity index (χ4v) is 2.30. The summed E-state index contributed by atoms with van der Waals surface area (Å²) in [7, 11) is 0. The van der Waals surface area contributed by atoms with Crippen LogP contribution in [0, 0.1) is 0 Å². The summed E-state index contributed by atoms with van der Waals surface area (Å²) >= 11 is 5.87. The fourth-order valence-electron chi connectivity index (χ4n) is 2.17. The minimum atomic E-state index is -0.460. The van der Waals surface area contributed by atoms with E-state index < -0.39 is 5.97 Å². The number of esters is 1. The third-order valence-corrected chi connectivity index (χ3v) is 3.68. The summed E-state index contributed by atoms with van der Waals surface area (Å²) in [6, 6.07) is 15.4. The summed E-state index contributed by atoms with van der Waals surface area (Å²) in [6.45, 7) is 0.0633. The number of rotatable bonds is 6. The van der Waals surface area contributed by atoms with Crippen LogP contribution >= 0.6 is 11.6 Å². The third kappa shape index (κ3) is 4.24. The molecule has 0 aliphatic rings. The number of hydrogen-bond donors (Lipinski definition) is 1. The molecule has 126 valence electrons. The van der Waals surface area contributed by atoms with Crippen molar-refractivity contribution in [3.05, 3.63) is 77.1 Å². The standard InChI is InChI=1S/C18H14ClN3O3/c19-14-3-7-17(8-4-14)22-10-9-16(21-22)11-25-18(24)13-1-5-15(6-2-13)20-12-23/h1-10,12H,11H2,(H,20,23). The van der Waals surface area contributed by atoms with Crippen molar-refractivity contribution in [2.24, 2.45) is 0 Å². The van der Waals surface area contributed by atoms with Gasteiger partial charge in [0.2, 0.25) is 6.41 Å². The van der Waals surface area contributed by atoms with Gasteiger partial charge in [0, 0.05) is 16.9 Å². The van der Waals surface area contributed by atoms with Gasteiger partial charge in [-0.25, -0.2) is 9.48 Å². The van der Waals surface area contributed by atoms with Crippen molar-refractivity contribution in [1.29, 1.82) is 0 Å². The molecule has 1 aromatic heterocycles. The average molecular weight is 356 g/mol. The zero-order valence-corrected chi connectivity index (χ0v) is 13.8. The van der Waals surface area contributed by atoms with Crippen LogP contribution in [-0.4, -0.2) is 22.2 Å². The summed E-state index contributed by atoms with van der Waals surface area (Å²) in [4.78, 5) is 22.4. The molecule has 1 amide bonds. The molecule has 0 fully saturated rings.